The van der Waals surface area contributed by atoms with Gasteiger partial charge in [0, 0.05) is 132 Å². The van der Waals surface area contributed by atoms with Gasteiger partial charge in [-0.15, -0.1) is 15.3 Å². The number of ether oxygens (including phenoxy) is 1. The van der Waals surface area contributed by atoms with Crippen LogP contribution in [0.25, 0.3) is 0 Å². The van der Waals surface area contributed by atoms with Gasteiger partial charge in [0.1, 0.15) is 23.3 Å². The number of pyridine rings is 2. The predicted molar refractivity (Wildman–Crippen MR) is 647 cm³/mol. The van der Waals surface area contributed by atoms with E-state index >= 15 is 0 Å². The van der Waals surface area contributed by atoms with Crippen LogP contribution in [0.4, 0.5) is 23.3 Å². The van der Waals surface area contributed by atoms with Crippen molar-refractivity contribution in [1.82, 2.24) is 60.7 Å². The number of aryl methyl sites for hydroxylation is 3. The van der Waals surface area contributed by atoms with Gasteiger partial charge in [-0.2, -0.15) is 15.3 Å². The number of methoxy groups -OCH3 is 1. The van der Waals surface area contributed by atoms with Crippen LogP contribution in [0.1, 0.15) is 391 Å². The van der Waals surface area contributed by atoms with E-state index in [1.54, 1.807) is 7.11 Å². The lowest BCUT2D eigenvalue weighted by atomic mass is 9.87. The molecule has 1 aliphatic rings. The van der Waals surface area contributed by atoms with E-state index in [1.807, 2.05) is 75.0 Å². The van der Waals surface area contributed by atoms with Crippen LogP contribution in [0, 0.1) is 34.2 Å². The van der Waals surface area contributed by atoms with Crippen LogP contribution < -0.4 is 26.6 Å². The Kier molecular flexibility index (Phi) is 63.6. The van der Waals surface area contributed by atoms with Gasteiger partial charge in [0.25, 0.3) is 0 Å². The van der Waals surface area contributed by atoms with Crippen molar-refractivity contribution in [2.24, 2.45) is 16.7 Å². The molecule has 0 radical (unpaired) electrons. The van der Waals surface area contributed by atoms with Crippen LogP contribution in [-0.4, -0.2) is 150 Å². The first kappa shape index (κ1) is 140. The normalized spacial score (nSPS) is 12.5. The van der Waals surface area contributed by atoms with E-state index in [2.05, 4.69) is 539 Å². The summed E-state index contributed by atoms with van der Waals surface area (Å²) in [5.74, 6) is 3.96. The Hall–Kier alpha value is -8.29. The van der Waals surface area contributed by atoms with Gasteiger partial charge < -0.3 is 41.5 Å². The summed E-state index contributed by atoms with van der Waals surface area (Å²) < 4.78 is 7.39. The topological polar surface area (TPSA) is 242 Å². The van der Waals surface area contributed by atoms with Gasteiger partial charge >= 0.3 is 0 Å². The van der Waals surface area contributed by atoms with E-state index in [9.17, 15) is 0 Å². The van der Waals surface area contributed by atoms with E-state index in [0.717, 1.165) is 122 Å². The first-order chi connectivity index (χ1) is 66.5. The minimum Gasteiger partial charge on any atom is -0.396 e. The Morgan fingerprint density at radius 2 is 0.781 bits per heavy atom. The maximum Gasteiger partial charge on any atom is 0.148 e. The lowest BCUT2D eigenvalue weighted by molar-refractivity contribution is 0.119. The molecule has 4 aromatic carbocycles. The molecule has 1 saturated heterocycles. The van der Waals surface area contributed by atoms with Gasteiger partial charge in [0.15, 0.2) is 0 Å². The van der Waals surface area contributed by atoms with Crippen LogP contribution >= 0.6 is 38.5 Å². The highest BCUT2D eigenvalue weighted by molar-refractivity contribution is 14.1. The number of rotatable bonds is 16. The summed E-state index contributed by atoms with van der Waals surface area (Å²) >= 11 is 5.85. The Bertz CT molecular complexity index is 4880. The molecule has 1 fully saturated rings. The van der Waals surface area contributed by atoms with Gasteiger partial charge in [0.2, 0.25) is 0 Å². The molecule has 10 aromatic rings. The number of halogens is 2. The summed E-state index contributed by atoms with van der Waals surface area (Å²) in [4.78, 5) is 19.9. The number of nitrogens with zero attached hydrogens (tertiary/aromatic N) is 11. The summed E-state index contributed by atoms with van der Waals surface area (Å²) in [7, 11) is 1.68. The zero-order chi connectivity index (χ0) is 111. The number of nitrogens with one attached hydrogen (secondary N) is 5. The number of aromatic nitrogens is 10. The fourth-order valence-electron chi connectivity index (χ4n) is 12.4. The maximum atomic E-state index is 8.68. The van der Waals surface area contributed by atoms with Crippen molar-refractivity contribution in [1.29, 1.82) is 0 Å². The molecular weight excluding hydrogens is 1980 g/mol. The maximum absolute atomic E-state index is 8.68. The molecule has 0 atom stereocenters. The quantitative estimate of drug-likeness (QED) is 0.0351. The smallest absolute Gasteiger partial charge is 0.148 e. The molecule has 21 heteroatoms. The monoisotopic (exact) mass is 2190 g/mol. The summed E-state index contributed by atoms with van der Waals surface area (Å²) in [5, 5.41) is 58.2. The van der Waals surface area contributed by atoms with Crippen molar-refractivity contribution in [3.05, 3.63) is 270 Å². The van der Waals surface area contributed by atoms with E-state index in [1.165, 1.54) is 60.1 Å². The van der Waals surface area contributed by atoms with Crippen LogP contribution in [0.15, 0.2) is 193 Å². The Labute approximate surface area is 915 Å². The second kappa shape index (κ2) is 66.4. The first-order valence-corrected chi connectivity index (χ1v) is 54.3. The second-order valence-electron chi connectivity index (χ2n) is 51.4. The standard InChI is InChI=1S/C13H23N3.C12H21N3.C12H19NO.C11H19N3O.C11H16.C10H12BrI.C10H17N3.C10H15N.2C10H14.C8H18N2.C7H16O.CH4/c1-12(2,3)9-14-11-8-7-10(15-16-11)13(4,5)6;1-9(2)6-14-11-8-13-10(7-15-11)12(3,4)5;1-12(2,3)10-6-7-11(13-9-10)5-4-8-14;1-11(2,3)9-5-6-10(14-13-9)12-7-8-15-4;1-9-5-7-10(8-6-9)11(2,3)4;1-10(2,3)7-4-5-9(12)8(11)6-7;1-5-11-9-7-6-8(12-13-9)10(2,3)4;1-8-5-6-9(7-11-8)10(2,3)4;2*1-10(2,3)9-7-5-4-6-8-9;1-8(2,3)10-6-4-9-5-7-10;1-7(2,3)5-4-6-8;/h7-8H,9H2,1-6H3,(H,14,16);7-9H,6H2,1-5H3,(H,14,15);6-7,9,14H,4-5,8H2,1-3H3;5-6H,7-8H2,1-4H3,(H,12,14);5-8H,1-4H3;4-6H,1-3H3;6-7H,5H2,1-4H3,(H,11,13);5-7H,1-4H3;2*4-8H,1-3H3;9H,4-7H2,1-3H3;8H,4-6H2,1-3H3;1H4. The number of hydrogen-bond acceptors (Lipinski definition) is 19. The highest BCUT2D eigenvalue weighted by atomic mass is 127. The molecule has 0 saturated carbocycles. The largest absolute Gasteiger partial charge is 0.396 e. The number of aliphatic hydroxyl groups is 2. The van der Waals surface area contributed by atoms with Gasteiger partial charge in [-0.3, -0.25) is 19.9 Å². The minimum atomic E-state index is 0. The van der Waals surface area contributed by atoms with Gasteiger partial charge in [-0.25, -0.2) is 4.98 Å². The third-order valence-electron chi connectivity index (χ3n) is 22.4. The van der Waals surface area contributed by atoms with Crippen LogP contribution in [-0.2, 0) is 65.3 Å². The second-order valence-corrected chi connectivity index (χ2v) is 53.4. The number of hydrogen-bond donors (Lipinski definition) is 7. The Morgan fingerprint density at radius 3 is 1.08 bits per heavy atom. The third-order valence-corrected chi connectivity index (χ3v) is 24.7. The average molecular weight is 2190 g/mol. The Morgan fingerprint density at radius 1 is 0.390 bits per heavy atom. The van der Waals surface area contributed by atoms with E-state index in [4.69, 9.17) is 14.9 Å². The highest BCUT2D eigenvalue weighted by Crippen LogP contribution is 2.32. The van der Waals surface area contributed by atoms with Gasteiger partial charge in [-0.05, 0) is 249 Å². The summed E-state index contributed by atoms with van der Waals surface area (Å²) in [6, 6.07) is 56.7. The molecule has 0 aliphatic carbocycles. The number of piperazine rings is 1. The summed E-state index contributed by atoms with van der Waals surface area (Å²) in [5.41, 5.74) is 18.5. The van der Waals surface area contributed by atoms with E-state index in [-0.39, 0.29) is 62.8 Å². The van der Waals surface area contributed by atoms with Crippen molar-refractivity contribution in [3.8, 4) is 0 Å². The molecule has 1 aliphatic heterocycles. The average Bonchev–Trinajstić information content (AvgIpc) is 0.817. The predicted octanol–water partition coefficient (Wildman–Crippen LogP) is 31.8. The zero-order valence-electron chi connectivity index (χ0n) is 99.6. The molecule has 0 amide bonds. The number of anilines is 4. The molecule has 0 bridgehead atoms. The van der Waals surface area contributed by atoms with Crippen LogP contribution in [0.5, 0.6) is 0 Å². The first-order valence-electron chi connectivity index (χ1n) is 52.5. The van der Waals surface area contributed by atoms with Crippen molar-refractivity contribution >= 4 is 61.8 Å². The Balaban J connectivity index is 0. The molecule has 6 aromatic heterocycles. The fourth-order valence-corrected chi connectivity index (χ4v) is 13.2. The van der Waals surface area contributed by atoms with Crippen LogP contribution in [0.2, 0.25) is 0 Å². The zero-order valence-corrected chi connectivity index (χ0v) is 103. The summed E-state index contributed by atoms with van der Waals surface area (Å²) in [6.07, 6.45) is 11.3. The molecule has 0 unspecified atom stereocenters. The van der Waals surface area contributed by atoms with E-state index < -0.39 is 0 Å². The van der Waals surface area contributed by atoms with E-state index in [0.29, 0.717) is 40.9 Å². The molecule has 7 heterocycles. The molecule has 146 heavy (non-hydrogen) atoms. The van der Waals surface area contributed by atoms with Crippen molar-refractivity contribution < 1.29 is 14.9 Å². The number of aliphatic hydroxyl groups excluding tert-OH is 2. The molecule has 7 N–H and O–H groups in total. The molecular formula is C125H208BrIN16O3. The van der Waals surface area contributed by atoms with Crippen molar-refractivity contribution in [3.63, 3.8) is 0 Å². The molecule has 11 rings (SSSR count). The highest BCUT2D eigenvalue weighted by Gasteiger charge is 2.25. The fraction of sp³-hybridized carbons (Fsp3) is 0.600. The lowest BCUT2D eigenvalue weighted by Gasteiger charge is -2.38. The minimum absolute atomic E-state index is 0. The lowest BCUT2D eigenvalue weighted by Crippen LogP contribution is -2.51. The van der Waals surface area contributed by atoms with Crippen LogP contribution in [0.3, 0.4) is 0 Å². The summed E-state index contributed by atoms with van der Waals surface area (Å²) in [6.45, 7) is 105. The number of benzene rings is 4. The third kappa shape index (κ3) is 66.3. The SMILES string of the molecule is C.CC(C)(C)CCCO.CC(C)(C)CNc1ccc(C(C)(C)C)nn1.CC(C)(C)N1CCNCC1.CC(C)(C)c1ccc(CCCO)nc1.CC(C)(C)c1ccc(I)c(Br)c1.CC(C)(C)c1ccccc1.CC(C)(C)c1ccccc1.CC(C)CNc1cnc(C(C)(C)C)cn1.CCNc1ccc(C(C)(C)C)nn1.COCCNc1ccc(C(C)(C)C)nn1.Cc1ccc(C(C)(C)C)cc1.Cc1ccc(C(C)(C)C)cn1. The molecule has 0 spiro atoms. The van der Waals surface area contributed by atoms with Gasteiger partial charge in [0.05, 0.1) is 41.8 Å². The molecule has 19 nitrogen and oxygen atoms in total. The van der Waals surface area contributed by atoms with Gasteiger partial charge in [-0.1, -0.05) is 379 Å². The van der Waals surface area contributed by atoms with Crippen molar-refractivity contribution in [2.75, 3.05) is 101 Å². The van der Waals surface area contributed by atoms with Crippen molar-refractivity contribution in [2.45, 2.75) is 397 Å². The molecule has 820 valence electrons.